The van der Waals surface area contributed by atoms with Crippen molar-refractivity contribution in [2.45, 2.75) is 0 Å². The SMILES string of the molecule is O=C(COc1ccc(-c2c(-c3ccc(Cl)cc3)nc3sc4ccccc4n23)cc1)Oc1ccc([N+](=O)[O-])cc1. The molecule has 0 spiro atoms. The van der Waals surface area contributed by atoms with Crippen LogP contribution in [0.5, 0.6) is 11.5 Å². The van der Waals surface area contributed by atoms with Gasteiger partial charge in [-0.1, -0.05) is 47.2 Å². The van der Waals surface area contributed by atoms with Gasteiger partial charge in [0, 0.05) is 28.3 Å². The van der Waals surface area contributed by atoms with Crippen LogP contribution < -0.4 is 9.47 Å². The Kier molecular flexibility index (Phi) is 6.44. The lowest BCUT2D eigenvalue weighted by molar-refractivity contribution is -0.384. The molecule has 2 heterocycles. The van der Waals surface area contributed by atoms with Gasteiger partial charge in [0.05, 0.1) is 26.5 Å². The fourth-order valence-electron chi connectivity index (χ4n) is 4.24. The largest absolute Gasteiger partial charge is 0.482 e. The molecule has 0 atom stereocenters. The average Bonchev–Trinajstić information content (AvgIpc) is 3.49. The summed E-state index contributed by atoms with van der Waals surface area (Å²) in [6.45, 7) is -0.321. The Morgan fingerprint density at radius 2 is 1.56 bits per heavy atom. The quantitative estimate of drug-likeness (QED) is 0.0879. The van der Waals surface area contributed by atoms with Crippen LogP contribution in [0.15, 0.2) is 97.1 Å². The minimum absolute atomic E-state index is 0.0868. The molecule has 0 saturated carbocycles. The van der Waals surface area contributed by atoms with Crippen molar-refractivity contribution in [1.82, 2.24) is 9.38 Å². The van der Waals surface area contributed by atoms with Crippen LogP contribution in [0.2, 0.25) is 5.02 Å². The van der Waals surface area contributed by atoms with Gasteiger partial charge < -0.3 is 9.47 Å². The number of benzene rings is 4. The van der Waals surface area contributed by atoms with Crippen molar-refractivity contribution in [2.24, 2.45) is 0 Å². The molecule has 0 saturated heterocycles. The average molecular weight is 556 g/mol. The third kappa shape index (κ3) is 4.93. The van der Waals surface area contributed by atoms with Gasteiger partial charge >= 0.3 is 5.97 Å². The number of hydrogen-bond acceptors (Lipinski definition) is 7. The van der Waals surface area contributed by atoms with Crippen molar-refractivity contribution in [3.63, 3.8) is 0 Å². The lowest BCUT2D eigenvalue weighted by Gasteiger charge is -2.09. The number of halogens is 1. The van der Waals surface area contributed by atoms with Crippen LogP contribution >= 0.6 is 22.9 Å². The second kappa shape index (κ2) is 10.2. The van der Waals surface area contributed by atoms with Gasteiger partial charge in [-0.05, 0) is 60.7 Å². The molecule has 2 aromatic heterocycles. The van der Waals surface area contributed by atoms with E-state index in [1.54, 1.807) is 23.5 Å². The van der Waals surface area contributed by atoms with Gasteiger partial charge in [-0.25, -0.2) is 9.78 Å². The van der Waals surface area contributed by atoms with Crippen molar-refractivity contribution in [1.29, 1.82) is 0 Å². The number of carbonyl (C=O) groups is 1. The predicted octanol–water partition coefficient (Wildman–Crippen LogP) is 7.43. The van der Waals surface area contributed by atoms with Gasteiger partial charge in [0.2, 0.25) is 0 Å². The second-order valence-electron chi connectivity index (χ2n) is 8.54. The Hall–Kier alpha value is -4.73. The molecule has 0 aliphatic carbocycles. The second-order valence-corrected chi connectivity index (χ2v) is 9.99. The normalized spacial score (nSPS) is 11.1. The summed E-state index contributed by atoms with van der Waals surface area (Å²) in [5.41, 5.74) is 4.63. The number of carbonyl (C=O) groups excluding carboxylic acids is 1. The number of hydrogen-bond donors (Lipinski definition) is 0. The van der Waals surface area contributed by atoms with Gasteiger partial charge in [-0.2, -0.15) is 0 Å². The van der Waals surface area contributed by atoms with Crippen LogP contribution in [0, 0.1) is 10.1 Å². The summed E-state index contributed by atoms with van der Waals surface area (Å²) in [4.78, 5) is 28.3. The number of esters is 1. The molecule has 0 aliphatic rings. The van der Waals surface area contributed by atoms with E-state index in [2.05, 4.69) is 16.5 Å². The Morgan fingerprint density at radius 1 is 0.897 bits per heavy atom. The van der Waals surface area contributed by atoms with Crippen LogP contribution in [0.1, 0.15) is 0 Å². The molecule has 0 fully saturated rings. The summed E-state index contributed by atoms with van der Waals surface area (Å²) in [5, 5.41) is 11.4. The summed E-state index contributed by atoms with van der Waals surface area (Å²) in [5.74, 6) is 0.0654. The molecular weight excluding hydrogens is 538 g/mol. The third-order valence-corrected chi connectivity index (χ3v) is 7.31. The molecule has 6 rings (SSSR count). The number of ether oxygens (including phenoxy) is 2. The van der Waals surface area contributed by atoms with E-state index in [0.29, 0.717) is 10.8 Å². The number of non-ortho nitro benzene ring substituents is 1. The first kappa shape index (κ1) is 24.6. The fourth-order valence-corrected chi connectivity index (χ4v) is 5.39. The number of thiazole rings is 1. The van der Waals surface area contributed by atoms with Crippen LogP contribution in [-0.2, 0) is 4.79 Å². The molecule has 0 radical (unpaired) electrons. The van der Waals surface area contributed by atoms with Gasteiger partial charge in [0.1, 0.15) is 11.5 Å². The molecule has 0 amide bonds. The molecule has 4 aromatic carbocycles. The number of aromatic nitrogens is 2. The highest BCUT2D eigenvalue weighted by atomic mass is 35.5. The molecule has 0 unspecified atom stereocenters. The van der Waals surface area contributed by atoms with E-state index in [4.69, 9.17) is 26.1 Å². The minimum atomic E-state index is -0.625. The smallest absolute Gasteiger partial charge is 0.349 e. The summed E-state index contributed by atoms with van der Waals surface area (Å²) >= 11 is 7.75. The van der Waals surface area contributed by atoms with Crippen molar-refractivity contribution in [3.8, 4) is 34.0 Å². The van der Waals surface area contributed by atoms with E-state index in [1.165, 1.54) is 24.3 Å². The maximum Gasteiger partial charge on any atom is 0.349 e. The first-order valence-corrected chi connectivity index (χ1v) is 13.0. The molecule has 39 heavy (non-hydrogen) atoms. The highest BCUT2D eigenvalue weighted by Crippen LogP contribution is 2.39. The summed E-state index contributed by atoms with van der Waals surface area (Å²) in [6, 6.07) is 28.4. The maximum absolute atomic E-state index is 12.2. The number of nitro groups is 1. The Bertz CT molecular complexity index is 1830. The van der Waals surface area contributed by atoms with Crippen LogP contribution in [0.3, 0.4) is 0 Å². The van der Waals surface area contributed by atoms with Crippen molar-refractivity contribution < 1.29 is 19.2 Å². The zero-order chi connectivity index (χ0) is 26.9. The van der Waals surface area contributed by atoms with Gasteiger partial charge in [-0.15, -0.1) is 0 Å². The number of para-hydroxylation sites is 1. The first-order chi connectivity index (χ1) is 19.0. The number of imidazole rings is 1. The van der Waals surface area contributed by atoms with E-state index >= 15 is 0 Å². The predicted molar refractivity (Wildman–Crippen MR) is 151 cm³/mol. The summed E-state index contributed by atoms with van der Waals surface area (Å²) in [7, 11) is 0. The molecule has 8 nitrogen and oxygen atoms in total. The number of nitrogens with zero attached hydrogens (tertiary/aromatic N) is 3. The number of fused-ring (bicyclic) bond motifs is 3. The number of nitro benzene ring substituents is 1. The third-order valence-electron chi connectivity index (χ3n) is 6.04. The lowest BCUT2D eigenvalue weighted by Crippen LogP contribution is -2.17. The van der Waals surface area contributed by atoms with E-state index < -0.39 is 10.9 Å². The molecule has 0 N–H and O–H groups in total. The topological polar surface area (TPSA) is 96.0 Å². The molecule has 10 heteroatoms. The first-order valence-electron chi connectivity index (χ1n) is 11.8. The molecule has 192 valence electrons. The van der Waals surface area contributed by atoms with Crippen molar-refractivity contribution >= 4 is 49.8 Å². The Labute approximate surface area is 230 Å². The monoisotopic (exact) mass is 555 g/mol. The Balaban J connectivity index is 1.26. The fraction of sp³-hybridized carbons (Fsp3) is 0.0345. The molecule has 6 aromatic rings. The van der Waals surface area contributed by atoms with E-state index in [0.717, 1.165) is 37.7 Å². The highest BCUT2D eigenvalue weighted by molar-refractivity contribution is 7.23. The Morgan fingerprint density at radius 3 is 2.28 bits per heavy atom. The minimum Gasteiger partial charge on any atom is -0.482 e. The van der Waals surface area contributed by atoms with Crippen molar-refractivity contribution in [2.75, 3.05) is 6.61 Å². The van der Waals surface area contributed by atoms with Gasteiger partial charge in [0.15, 0.2) is 11.6 Å². The van der Waals surface area contributed by atoms with Gasteiger partial charge in [0.25, 0.3) is 5.69 Å². The summed E-state index contributed by atoms with van der Waals surface area (Å²) < 4.78 is 14.1. The van der Waals surface area contributed by atoms with Gasteiger partial charge in [-0.3, -0.25) is 14.5 Å². The van der Waals surface area contributed by atoms with E-state index in [-0.39, 0.29) is 18.0 Å². The molecule has 0 aliphatic heterocycles. The zero-order valence-electron chi connectivity index (χ0n) is 20.1. The lowest BCUT2D eigenvalue weighted by atomic mass is 10.0. The van der Waals surface area contributed by atoms with Crippen LogP contribution in [0.4, 0.5) is 5.69 Å². The highest BCUT2D eigenvalue weighted by Gasteiger charge is 2.20. The maximum atomic E-state index is 12.2. The number of rotatable bonds is 7. The van der Waals surface area contributed by atoms with Crippen molar-refractivity contribution in [3.05, 3.63) is 112 Å². The van der Waals surface area contributed by atoms with E-state index in [1.807, 2.05) is 48.5 Å². The standard InChI is InChI=1S/C29H18ClN3O5S/c30-20-9-5-18(6-10-20)27-28(32-24-3-1-2-4-25(24)39-29(32)31-27)19-7-13-22(14-8-19)37-17-26(34)38-23-15-11-21(12-16-23)33(35)36/h1-16H,17H2. The summed E-state index contributed by atoms with van der Waals surface area (Å²) in [6.07, 6.45) is 0. The molecule has 0 bridgehead atoms. The van der Waals surface area contributed by atoms with E-state index in [9.17, 15) is 14.9 Å². The van der Waals surface area contributed by atoms with Crippen LogP contribution in [0.25, 0.3) is 37.7 Å². The zero-order valence-corrected chi connectivity index (χ0v) is 21.7. The van der Waals surface area contributed by atoms with Crippen LogP contribution in [-0.4, -0.2) is 26.9 Å². The molecular formula is C29H18ClN3O5S.